The summed E-state index contributed by atoms with van der Waals surface area (Å²) >= 11 is 16.5. The highest BCUT2D eigenvalue weighted by Crippen LogP contribution is 2.40. The fourth-order valence-corrected chi connectivity index (χ4v) is 3.66. The summed E-state index contributed by atoms with van der Waals surface area (Å²) < 4.78 is 27.5. The van der Waals surface area contributed by atoms with Crippen molar-refractivity contribution in [2.24, 2.45) is 0 Å². The normalized spacial score (nSPS) is 11.2. The second-order valence-corrected chi connectivity index (χ2v) is 7.02. The summed E-state index contributed by atoms with van der Waals surface area (Å²) in [4.78, 5) is 0.682. The van der Waals surface area contributed by atoms with Gasteiger partial charge in [-0.1, -0.05) is 23.2 Å². The highest BCUT2D eigenvalue weighted by molar-refractivity contribution is 9.11. The Labute approximate surface area is 134 Å². The SMILES string of the molecule is Fc1cc2c(Cl)nnc(-c3cc(Cl)c(Br)s3)c2cc1F. The van der Waals surface area contributed by atoms with Gasteiger partial charge in [0.15, 0.2) is 16.8 Å². The molecule has 0 aliphatic heterocycles. The van der Waals surface area contributed by atoms with Gasteiger partial charge in [-0.25, -0.2) is 8.78 Å². The second kappa shape index (κ2) is 5.18. The Kier molecular flexibility index (Phi) is 3.66. The number of halogens is 5. The van der Waals surface area contributed by atoms with Crippen LogP contribution in [0.15, 0.2) is 22.0 Å². The van der Waals surface area contributed by atoms with Crippen molar-refractivity contribution in [3.63, 3.8) is 0 Å². The van der Waals surface area contributed by atoms with Crippen LogP contribution in [0.1, 0.15) is 0 Å². The quantitative estimate of drug-likeness (QED) is 0.527. The molecule has 0 bridgehead atoms. The van der Waals surface area contributed by atoms with E-state index >= 15 is 0 Å². The average molecular weight is 396 g/mol. The largest absolute Gasteiger partial charge is 0.204 e. The number of aromatic nitrogens is 2. The first-order valence-corrected chi connectivity index (χ1v) is 7.60. The van der Waals surface area contributed by atoms with E-state index in [-0.39, 0.29) is 5.15 Å². The lowest BCUT2D eigenvalue weighted by molar-refractivity contribution is 0.511. The van der Waals surface area contributed by atoms with E-state index in [0.717, 1.165) is 15.9 Å². The molecule has 1 aromatic carbocycles. The average Bonchev–Trinajstić information content (AvgIpc) is 2.72. The summed E-state index contributed by atoms with van der Waals surface area (Å²) in [5.41, 5.74) is 0.404. The lowest BCUT2D eigenvalue weighted by Gasteiger charge is -2.05. The number of thiophene rings is 1. The molecule has 0 radical (unpaired) electrons. The van der Waals surface area contributed by atoms with Gasteiger partial charge < -0.3 is 0 Å². The molecule has 0 spiro atoms. The molecule has 2 aromatic heterocycles. The molecular formula is C12H3BrCl2F2N2S. The van der Waals surface area contributed by atoms with Gasteiger partial charge in [-0.05, 0) is 34.1 Å². The Balaban J connectivity index is 2.36. The number of rotatable bonds is 1. The maximum absolute atomic E-state index is 13.5. The van der Waals surface area contributed by atoms with Gasteiger partial charge in [-0.2, -0.15) is 0 Å². The Morgan fingerprint density at radius 1 is 1.00 bits per heavy atom. The van der Waals surface area contributed by atoms with Crippen molar-refractivity contribution in [2.75, 3.05) is 0 Å². The topological polar surface area (TPSA) is 25.8 Å². The first kappa shape index (κ1) is 14.1. The van der Waals surface area contributed by atoms with Gasteiger partial charge in [0, 0.05) is 10.8 Å². The van der Waals surface area contributed by atoms with E-state index in [1.54, 1.807) is 6.07 Å². The minimum atomic E-state index is -0.983. The summed E-state index contributed by atoms with van der Waals surface area (Å²) in [6, 6.07) is 3.74. The smallest absolute Gasteiger partial charge is 0.159 e. The van der Waals surface area contributed by atoms with Crippen LogP contribution in [0, 0.1) is 11.6 Å². The lowest BCUT2D eigenvalue weighted by Crippen LogP contribution is -1.93. The van der Waals surface area contributed by atoms with Gasteiger partial charge in [0.2, 0.25) is 0 Å². The van der Waals surface area contributed by atoms with Crippen LogP contribution in [-0.4, -0.2) is 10.2 Å². The molecule has 3 rings (SSSR count). The molecule has 0 aliphatic rings. The van der Waals surface area contributed by atoms with Crippen LogP contribution >= 0.6 is 50.5 Å². The second-order valence-electron chi connectivity index (χ2n) is 3.88. The minimum absolute atomic E-state index is 0.0179. The zero-order valence-corrected chi connectivity index (χ0v) is 13.3. The highest BCUT2D eigenvalue weighted by atomic mass is 79.9. The van der Waals surface area contributed by atoms with Crippen molar-refractivity contribution in [1.29, 1.82) is 0 Å². The summed E-state index contributed by atoms with van der Waals surface area (Å²) in [5, 5.41) is 8.94. The summed E-state index contributed by atoms with van der Waals surface area (Å²) in [5.74, 6) is -1.95. The summed E-state index contributed by atoms with van der Waals surface area (Å²) in [6.45, 7) is 0. The van der Waals surface area contributed by atoms with Crippen LogP contribution in [0.5, 0.6) is 0 Å². The van der Waals surface area contributed by atoms with Crippen molar-refractivity contribution >= 4 is 61.2 Å². The molecule has 0 fully saturated rings. The molecule has 3 aromatic rings. The van der Waals surface area contributed by atoms with E-state index in [4.69, 9.17) is 23.2 Å². The maximum atomic E-state index is 13.5. The fourth-order valence-electron chi connectivity index (χ4n) is 1.76. The van der Waals surface area contributed by atoms with E-state index in [9.17, 15) is 8.78 Å². The fraction of sp³-hybridized carbons (Fsp3) is 0. The van der Waals surface area contributed by atoms with Crippen molar-refractivity contribution in [1.82, 2.24) is 10.2 Å². The Bertz CT molecular complexity index is 818. The zero-order chi connectivity index (χ0) is 14.4. The third-order valence-electron chi connectivity index (χ3n) is 2.65. The first-order chi connectivity index (χ1) is 9.47. The predicted molar refractivity (Wildman–Crippen MR) is 80.5 cm³/mol. The predicted octanol–water partition coefficient (Wildman–Crippen LogP) is 5.71. The molecule has 102 valence electrons. The molecular weight excluding hydrogens is 393 g/mol. The van der Waals surface area contributed by atoms with Crippen LogP contribution in [0.4, 0.5) is 8.78 Å². The summed E-state index contributed by atoms with van der Waals surface area (Å²) in [7, 11) is 0. The van der Waals surface area contributed by atoms with Gasteiger partial charge in [0.05, 0.1) is 13.7 Å². The first-order valence-electron chi connectivity index (χ1n) is 5.23. The molecule has 0 N–H and O–H groups in total. The number of fused-ring (bicyclic) bond motifs is 1. The van der Waals surface area contributed by atoms with Gasteiger partial charge >= 0.3 is 0 Å². The van der Waals surface area contributed by atoms with E-state index in [1.165, 1.54) is 11.3 Å². The minimum Gasteiger partial charge on any atom is -0.204 e. The monoisotopic (exact) mass is 394 g/mol. The Hall–Kier alpha value is -0.820. The van der Waals surface area contributed by atoms with Crippen molar-refractivity contribution in [2.45, 2.75) is 0 Å². The number of hydrogen-bond donors (Lipinski definition) is 0. The van der Waals surface area contributed by atoms with Crippen LogP contribution in [0.2, 0.25) is 10.2 Å². The molecule has 0 unspecified atom stereocenters. The molecule has 0 amide bonds. The van der Waals surface area contributed by atoms with E-state index < -0.39 is 11.6 Å². The molecule has 2 heterocycles. The lowest BCUT2D eigenvalue weighted by atomic mass is 10.1. The van der Waals surface area contributed by atoms with Crippen molar-refractivity contribution < 1.29 is 8.78 Å². The van der Waals surface area contributed by atoms with Gasteiger partial charge in [-0.3, -0.25) is 0 Å². The van der Waals surface area contributed by atoms with Gasteiger partial charge in [0.1, 0.15) is 5.69 Å². The van der Waals surface area contributed by atoms with Gasteiger partial charge in [0.25, 0.3) is 0 Å². The van der Waals surface area contributed by atoms with Crippen LogP contribution in [-0.2, 0) is 0 Å². The van der Waals surface area contributed by atoms with E-state index in [2.05, 4.69) is 26.1 Å². The maximum Gasteiger partial charge on any atom is 0.159 e. The molecule has 0 saturated heterocycles. The van der Waals surface area contributed by atoms with Crippen LogP contribution < -0.4 is 0 Å². The van der Waals surface area contributed by atoms with Crippen molar-refractivity contribution in [3.8, 4) is 10.6 Å². The van der Waals surface area contributed by atoms with E-state index in [1.807, 2.05) is 0 Å². The molecule has 2 nitrogen and oxygen atoms in total. The molecule has 0 aliphatic carbocycles. The zero-order valence-electron chi connectivity index (χ0n) is 9.42. The third kappa shape index (κ3) is 2.30. The summed E-state index contributed by atoms with van der Waals surface area (Å²) in [6.07, 6.45) is 0. The number of hydrogen-bond acceptors (Lipinski definition) is 3. The standard InChI is InChI=1S/C12H3BrCl2F2N2S/c13-11-6(14)3-9(20-11)10-4-1-7(16)8(17)2-5(4)12(15)19-18-10/h1-3H. The Morgan fingerprint density at radius 3 is 2.25 bits per heavy atom. The number of benzene rings is 1. The molecule has 0 atom stereocenters. The van der Waals surface area contributed by atoms with Crippen LogP contribution in [0.3, 0.4) is 0 Å². The Morgan fingerprint density at radius 2 is 1.65 bits per heavy atom. The molecule has 8 heteroatoms. The van der Waals surface area contributed by atoms with Crippen LogP contribution in [0.25, 0.3) is 21.3 Å². The van der Waals surface area contributed by atoms with E-state index in [0.29, 0.717) is 26.4 Å². The third-order valence-corrected chi connectivity index (χ3v) is 5.41. The number of nitrogens with zero attached hydrogens (tertiary/aromatic N) is 2. The molecule has 20 heavy (non-hydrogen) atoms. The highest BCUT2D eigenvalue weighted by Gasteiger charge is 2.16. The van der Waals surface area contributed by atoms with Crippen molar-refractivity contribution in [3.05, 3.63) is 43.8 Å². The van der Waals surface area contributed by atoms with Gasteiger partial charge in [-0.15, -0.1) is 21.5 Å². The molecule has 0 saturated carbocycles.